The van der Waals surface area contributed by atoms with Crippen LogP contribution in [0.4, 0.5) is 8.78 Å². The van der Waals surface area contributed by atoms with Gasteiger partial charge in [0.1, 0.15) is 28.3 Å². The monoisotopic (exact) mass is 1240 g/mol. The number of nitrogens with zero attached hydrogens (tertiary/aromatic N) is 4. The van der Waals surface area contributed by atoms with Crippen LogP contribution in [0.5, 0.6) is 11.5 Å². The fourth-order valence-corrected chi connectivity index (χ4v) is 16.9. The maximum atomic E-state index is 17.6. The third-order valence-corrected chi connectivity index (χ3v) is 21.5. The summed E-state index contributed by atoms with van der Waals surface area (Å²) in [6, 6.07) is 12.8. The summed E-state index contributed by atoms with van der Waals surface area (Å²) in [6.07, 6.45) is 28.8. The Bertz CT molecular complexity index is 3670. The van der Waals surface area contributed by atoms with Crippen LogP contribution in [0, 0.1) is 37.3 Å². The van der Waals surface area contributed by atoms with Crippen LogP contribution >= 0.6 is 68.8 Å². The third-order valence-electron chi connectivity index (χ3n) is 15.8. The Kier molecular flexibility index (Phi) is 25.9. The zero-order chi connectivity index (χ0) is 59.2. The van der Waals surface area contributed by atoms with Gasteiger partial charge in [-0.3, -0.25) is 0 Å². The minimum atomic E-state index is -0.877. The molecule has 0 radical (unpaired) electrons. The molecule has 2 unspecified atom stereocenters. The normalized spacial score (nSPS) is 12.0. The molecule has 6 heterocycles. The highest BCUT2D eigenvalue weighted by Gasteiger charge is 2.32. The average Bonchev–Trinajstić information content (AvgIpc) is 1.62. The van der Waals surface area contributed by atoms with Crippen molar-refractivity contribution in [1.29, 1.82) is 0 Å². The highest BCUT2D eigenvalue weighted by atomic mass is 32.1. The topological polar surface area (TPSA) is 70.0 Å². The van der Waals surface area contributed by atoms with Crippen molar-refractivity contribution in [1.82, 2.24) is 17.5 Å². The van der Waals surface area contributed by atoms with Crippen LogP contribution in [-0.2, 0) is 12.8 Å². The second-order valence-corrected chi connectivity index (χ2v) is 28.0. The zero-order valence-corrected chi connectivity index (χ0v) is 55.3. The number of thiophene rings is 4. The highest BCUT2D eigenvalue weighted by molar-refractivity contribution is 7.25. The molecular formula is C70H82F2N4O2S6. The number of rotatable bonds is 35. The number of hydrogen-bond acceptors (Lipinski definition) is 12. The molecule has 6 nitrogen and oxygen atoms in total. The number of halogens is 2. The first kappa shape index (κ1) is 64.8. The number of hydrogen-bond donors (Lipinski definition) is 0. The molecule has 14 heteroatoms. The lowest BCUT2D eigenvalue weighted by Crippen LogP contribution is -2.05. The SMILES string of the molecule is C=C=C=C=C=C=C=COc1c(OCCCCCCCC)c(-c2ccc(C)s2)c2nsnc2c1-c1ccc(-c2sc(-c3c(F)c(F)c(-c4cc(CC(CCCC)CCCCCC)c(C)s4)c4nsnc34)cc2CC(CCCC)CCCCCC)s1. The van der Waals surface area contributed by atoms with E-state index in [2.05, 4.69) is 126 Å². The van der Waals surface area contributed by atoms with Gasteiger partial charge in [-0.1, -0.05) is 175 Å². The Labute approximate surface area is 522 Å². The van der Waals surface area contributed by atoms with Gasteiger partial charge >= 0.3 is 0 Å². The van der Waals surface area contributed by atoms with Gasteiger partial charge in [-0.25, -0.2) is 8.78 Å². The Morgan fingerprint density at radius 3 is 1.58 bits per heavy atom. The molecule has 84 heavy (non-hydrogen) atoms. The predicted octanol–water partition coefficient (Wildman–Crippen LogP) is 24.0. The summed E-state index contributed by atoms with van der Waals surface area (Å²) in [5.74, 6) is 0.337. The van der Waals surface area contributed by atoms with E-state index in [4.69, 9.17) is 27.0 Å². The maximum Gasteiger partial charge on any atom is 0.181 e. The first-order chi connectivity index (χ1) is 41.1. The van der Waals surface area contributed by atoms with Crippen molar-refractivity contribution in [3.8, 4) is 63.0 Å². The van der Waals surface area contributed by atoms with E-state index in [0.29, 0.717) is 56.2 Å². The number of fused-ring (bicyclic) bond motifs is 2. The van der Waals surface area contributed by atoms with E-state index < -0.39 is 11.6 Å². The van der Waals surface area contributed by atoms with Crippen LogP contribution in [0.2, 0.25) is 0 Å². The van der Waals surface area contributed by atoms with Gasteiger partial charge in [-0.15, -0.1) is 45.3 Å². The van der Waals surface area contributed by atoms with Gasteiger partial charge in [0.05, 0.1) is 52.3 Å². The second-order valence-electron chi connectivity index (χ2n) is 22.2. The second kappa shape index (κ2) is 33.6. The summed E-state index contributed by atoms with van der Waals surface area (Å²) in [5.41, 5.74) is 23.0. The summed E-state index contributed by atoms with van der Waals surface area (Å²) in [7, 11) is 0. The standard InChI is InChI=1S/C70H82F2N4O2S6/c1-9-15-21-25-27-31-41-77-68-60(53-38-37-47(7)79-53)66-67(76-84-75-66)61(69(68)78-42-32-28-26-22-16-10-2)54-39-40-55(81-54)70-52(44-50(34-20-14-6)36-30-24-18-12-4)46-57(82-70)59-63(72)62(71)58(64-65(59)74-83-73-64)56-45-51(48(8)80-56)43-49(33-19-13-5)35-29-23-17-11-3/h37-40,42,45-46,49-50H,2,9,11-15,17-21,23-25,27,29-31,33-36,41,43-44H2,1,3-8H3. The molecule has 6 aromatic heterocycles. The Hall–Kier alpha value is -5.24. The quantitative estimate of drug-likeness (QED) is 0.0224. The molecule has 0 aliphatic carbocycles. The lowest BCUT2D eigenvalue weighted by molar-refractivity contribution is 0.293. The zero-order valence-electron chi connectivity index (χ0n) is 50.4. The molecule has 0 saturated carbocycles. The van der Waals surface area contributed by atoms with Crippen LogP contribution in [0.3, 0.4) is 0 Å². The lowest BCUT2D eigenvalue weighted by Gasteiger charge is -2.18. The molecule has 444 valence electrons. The summed E-state index contributed by atoms with van der Waals surface area (Å²) in [5, 5.41) is 0. The minimum absolute atomic E-state index is 0.180. The molecular weight excluding hydrogens is 1160 g/mol. The molecule has 0 N–H and O–H groups in total. The molecule has 0 spiro atoms. The van der Waals surface area contributed by atoms with Crippen LogP contribution in [-0.4, -0.2) is 24.1 Å². The Morgan fingerprint density at radius 1 is 0.500 bits per heavy atom. The van der Waals surface area contributed by atoms with Crippen LogP contribution in [0.15, 0.2) is 83.6 Å². The van der Waals surface area contributed by atoms with E-state index in [-0.39, 0.29) is 11.1 Å². The molecule has 0 saturated heterocycles. The van der Waals surface area contributed by atoms with Crippen molar-refractivity contribution in [2.45, 2.75) is 203 Å². The van der Waals surface area contributed by atoms with Gasteiger partial charge in [-0.2, -0.15) is 17.5 Å². The summed E-state index contributed by atoms with van der Waals surface area (Å²) in [4.78, 5) is 7.62. The Morgan fingerprint density at radius 2 is 0.988 bits per heavy atom. The van der Waals surface area contributed by atoms with Gasteiger partial charge < -0.3 is 9.47 Å². The number of ether oxygens (including phenoxy) is 2. The molecule has 2 atom stereocenters. The fraction of sp³-hybridized carbons (Fsp3) is 0.486. The van der Waals surface area contributed by atoms with Crippen molar-refractivity contribution in [2.24, 2.45) is 11.8 Å². The van der Waals surface area contributed by atoms with E-state index in [0.717, 1.165) is 134 Å². The first-order valence-corrected chi connectivity index (χ1v) is 35.6. The van der Waals surface area contributed by atoms with Crippen LogP contribution in [0.1, 0.15) is 197 Å². The number of benzene rings is 2. The van der Waals surface area contributed by atoms with E-state index in [1.165, 1.54) is 118 Å². The van der Waals surface area contributed by atoms with Crippen LogP contribution < -0.4 is 9.47 Å². The van der Waals surface area contributed by atoms with Crippen LogP contribution in [0.25, 0.3) is 73.6 Å². The van der Waals surface area contributed by atoms with Gasteiger partial charge in [0.25, 0.3) is 0 Å². The van der Waals surface area contributed by atoms with Crippen molar-refractivity contribution in [2.75, 3.05) is 6.61 Å². The van der Waals surface area contributed by atoms with E-state index >= 15 is 8.78 Å². The molecule has 8 rings (SSSR count). The summed E-state index contributed by atoms with van der Waals surface area (Å²) in [6.45, 7) is 19.5. The molecule has 0 fully saturated rings. The summed E-state index contributed by atoms with van der Waals surface area (Å²) < 4.78 is 68.2. The van der Waals surface area contributed by atoms with Gasteiger partial charge in [0, 0.05) is 39.0 Å². The van der Waals surface area contributed by atoms with E-state index in [9.17, 15) is 0 Å². The molecule has 8 aromatic rings. The Balaban J connectivity index is 1.26. The number of aromatic nitrogens is 4. The molecule has 0 bridgehead atoms. The molecule has 2 aromatic carbocycles. The lowest BCUT2D eigenvalue weighted by atomic mass is 9.89. The third kappa shape index (κ3) is 16.6. The highest BCUT2D eigenvalue weighted by Crippen LogP contribution is 2.55. The fourth-order valence-electron chi connectivity index (χ4n) is 11.3. The predicted molar refractivity (Wildman–Crippen MR) is 358 cm³/mol. The first-order valence-electron chi connectivity index (χ1n) is 30.9. The van der Waals surface area contributed by atoms with Gasteiger partial charge in [0.2, 0.25) is 0 Å². The van der Waals surface area contributed by atoms with Crippen molar-refractivity contribution < 1.29 is 18.3 Å². The molecule has 0 aliphatic rings. The van der Waals surface area contributed by atoms with Crippen molar-refractivity contribution >= 4 is 90.9 Å². The van der Waals surface area contributed by atoms with E-state index in [1.54, 1.807) is 34.0 Å². The molecule has 0 aliphatic heterocycles. The largest absolute Gasteiger partial charge is 0.489 e. The smallest absolute Gasteiger partial charge is 0.181 e. The van der Waals surface area contributed by atoms with Gasteiger partial charge in [-0.05, 0) is 128 Å². The average molecular weight is 1240 g/mol. The van der Waals surface area contributed by atoms with Gasteiger partial charge in [0.15, 0.2) is 23.1 Å². The van der Waals surface area contributed by atoms with Crippen molar-refractivity contribution in [3.63, 3.8) is 0 Å². The summed E-state index contributed by atoms with van der Waals surface area (Å²) >= 11 is 8.56. The maximum absolute atomic E-state index is 17.6. The molecule has 0 amide bonds. The minimum Gasteiger partial charge on any atom is -0.489 e. The van der Waals surface area contributed by atoms with Crippen molar-refractivity contribution in [3.05, 3.63) is 116 Å². The van der Waals surface area contributed by atoms with E-state index in [1.807, 2.05) is 0 Å². The number of aryl methyl sites for hydroxylation is 2. The number of unbranched alkanes of at least 4 members (excludes halogenated alkanes) is 13.